The standard InChI is InChI=1S/C8H11ClN2S/c1-3-10-7-4-6(2)11-8(5-7)12-9/h4-5H,3H2,1-2H3,(H,10,11). The zero-order valence-electron chi connectivity index (χ0n) is 7.10. The van der Waals surface area contributed by atoms with Crippen LogP contribution < -0.4 is 5.32 Å². The Morgan fingerprint density at radius 3 is 2.92 bits per heavy atom. The normalized spacial score (nSPS) is 9.92. The lowest BCUT2D eigenvalue weighted by atomic mass is 10.3. The van der Waals surface area contributed by atoms with Gasteiger partial charge in [0.1, 0.15) is 5.03 Å². The van der Waals surface area contributed by atoms with Crippen LogP contribution in [-0.2, 0) is 0 Å². The quantitative estimate of drug-likeness (QED) is 0.816. The summed E-state index contributed by atoms with van der Waals surface area (Å²) in [6, 6.07) is 3.94. The Balaban J connectivity index is 2.90. The second-order valence-electron chi connectivity index (χ2n) is 2.44. The molecule has 0 saturated carbocycles. The molecule has 0 fully saturated rings. The summed E-state index contributed by atoms with van der Waals surface area (Å²) in [7, 11) is 6.74. The first kappa shape index (κ1) is 9.68. The Labute approximate surface area is 81.2 Å². The van der Waals surface area contributed by atoms with Crippen LogP contribution in [0.25, 0.3) is 0 Å². The Morgan fingerprint density at radius 2 is 2.33 bits per heavy atom. The third-order valence-electron chi connectivity index (χ3n) is 1.39. The van der Waals surface area contributed by atoms with Gasteiger partial charge in [-0.25, -0.2) is 4.98 Å². The topological polar surface area (TPSA) is 24.9 Å². The molecule has 1 rings (SSSR count). The van der Waals surface area contributed by atoms with E-state index < -0.39 is 0 Å². The zero-order chi connectivity index (χ0) is 8.97. The van der Waals surface area contributed by atoms with E-state index in [4.69, 9.17) is 10.7 Å². The molecule has 0 amide bonds. The van der Waals surface area contributed by atoms with Crippen LogP contribution in [0.4, 0.5) is 5.69 Å². The van der Waals surface area contributed by atoms with Crippen LogP contribution in [0.1, 0.15) is 12.6 Å². The molecule has 0 atom stereocenters. The molecular weight excluding hydrogens is 192 g/mol. The summed E-state index contributed by atoms with van der Waals surface area (Å²) >= 11 is 0. The molecule has 0 unspecified atom stereocenters. The number of nitrogens with zero attached hydrogens (tertiary/aromatic N) is 1. The van der Waals surface area contributed by atoms with E-state index in [0.717, 1.165) is 33.9 Å². The fraction of sp³-hybridized carbons (Fsp3) is 0.375. The minimum absolute atomic E-state index is 0.840. The van der Waals surface area contributed by atoms with Crippen molar-refractivity contribution in [3.8, 4) is 0 Å². The number of pyridine rings is 1. The summed E-state index contributed by atoms with van der Waals surface area (Å²) in [5.74, 6) is 0. The summed E-state index contributed by atoms with van der Waals surface area (Å²) < 4.78 is 0. The third-order valence-corrected chi connectivity index (χ3v) is 2.23. The van der Waals surface area contributed by atoms with Gasteiger partial charge >= 0.3 is 0 Å². The summed E-state index contributed by atoms with van der Waals surface area (Å²) in [5.41, 5.74) is 2.06. The number of halogens is 1. The molecule has 0 radical (unpaired) electrons. The van der Waals surface area contributed by atoms with Gasteiger partial charge < -0.3 is 5.32 Å². The van der Waals surface area contributed by atoms with Crippen molar-refractivity contribution in [2.24, 2.45) is 0 Å². The monoisotopic (exact) mass is 202 g/mol. The highest BCUT2D eigenvalue weighted by atomic mass is 35.7. The van der Waals surface area contributed by atoms with Crippen LogP contribution in [0, 0.1) is 6.92 Å². The molecule has 0 aliphatic heterocycles. The lowest BCUT2D eigenvalue weighted by Gasteiger charge is -2.04. The molecule has 0 aliphatic carbocycles. The van der Waals surface area contributed by atoms with Gasteiger partial charge in [-0.05, 0) is 36.7 Å². The molecule has 1 N–H and O–H groups in total. The number of nitrogens with one attached hydrogen (secondary N) is 1. The van der Waals surface area contributed by atoms with Gasteiger partial charge in [-0.3, -0.25) is 0 Å². The molecule has 12 heavy (non-hydrogen) atoms. The van der Waals surface area contributed by atoms with Crippen LogP contribution in [0.15, 0.2) is 17.2 Å². The van der Waals surface area contributed by atoms with E-state index >= 15 is 0 Å². The van der Waals surface area contributed by atoms with Crippen LogP contribution in [-0.4, -0.2) is 11.5 Å². The first-order valence-electron chi connectivity index (χ1n) is 3.77. The highest BCUT2D eigenvalue weighted by molar-refractivity contribution is 8.21. The summed E-state index contributed by atoms with van der Waals surface area (Å²) in [4.78, 5) is 4.23. The summed E-state index contributed by atoms with van der Waals surface area (Å²) in [5, 5.41) is 4.05. The Bertz CT molecular complexity index is 265. The predicted molar refractivity (Wildman–Crippen MR) is 54.8 cm³/mol. The molecule has 66 valence electrons. The van der Waals surface area contributed by atoms with Crippen molar-refractivity contribution in [1.82, 2.24) is 4.98 Å². The highest BCUT2D eigenvalue weighted by Gasteiger charge is 1.98. The van der Waals surface area contributed by atoms with E-state index in [9.17, 15) is 0 Å². The predicted octanol–water partition coefficient (Wildman–Crippen LogP) is 3.07. The zero-order valence-corrected chi connectivity index (χ0v) is 8.67. The van der Waals surface area contributed by atoms with Crippen molar-refractivity contribution < 1.29 is 0 Å². The highest BCUT2D eigenvalue weighted by Crippen LogP contribution is 2.23. The van der Waals surface area contributed by atoms with Crippen molar-refractivity contribution in [3.63, 3.8) is 0 Å². The number of hydrogen-bond acceptors (Lipinski definition) is 3. The van der Waals surface area contributed by atoms with Crippen molar-refractivity contribution in [2.45, 2.75) is 18.9 Å². The van der Waals surface area contributed by atoms with Crippen molar-refractivity contribution in [3.05, 3.63) is 17.8 Å². The summed E-state index contributed by atoms with van der Waals surface area (Å²) in [6.07, 6.45) is 0. The van der Waals surface area contributed by atoms with Gasteiger partial charge in [0.25, 0.3) is 0 Å². The van der Waals surface area contributed by atoms with E-state index in [1.807, 2.05) is 19.1 Å². The van der Waals surface area contributed by atoms with E-state index in [-0.39, 0.29) is 0 Å². The Hall–Kier alpha value is -0.410. The van der Waals surface area contributed by atoms with Crippen molar-refractivity contribution >= 4 is 27.3 Å². The second kappa shape index (κ2) is 4.58. The minimum atomic E-state index is 0.840. The molecule has 0 spiro atoms. The van der Waals surface area contributed by atoms with Gasteiger partial charge in [0.15, 0.2) is 0 Å². The maximum Gasteiger partial charge on any atom is 0.114 e. The van der Waals surface area contributed by atoms with Crippen LogP contribution in [0.2, 0.25) is 0 Å². The molecule has 1 aromatic heterocycles. The average molecular weight is 203 g/mol. The molecule has 0 aromatic carbocycles. The fourth-order valence-electron chi connectivity index (χ4n) is 0.984. The largest absolute Gasteiger partial charge is 0.385 e. The Kier molecular flexibility index (Phi) is 3.69. The number of aryl methyl sites for hydroxylation is 1. The van der Waals surface area contributed by atoms with Gasteiger partial charge in [-0.1, -0.05) is 0 Å². The van der Waals surface area contributed by atoms with Crippen LogP contribution in [0.5, 0.6) is 0 Å². The Morgan fingerprint density at radius 1 is 1.58 bits per heavy atom. The fourth-order valence-corrected chi connectivity index (χ4v) is 1.57. The molecule has 1 heterocycles. The first-order valence-corrected chi connectivity index (χ1v) is 5.41. The van der Waals surface area contributed by atoms with Crippen LogP contribution in [0.3, 0.4) is 0 Å². The minimum Gasteiger partial charge on any atom is -0.385 e. The van der Waals surface area contributed by atoms with Gasteiger partial charge in [0, 0.05) is 28.9 Å². The van der Waals surface area contributed by atoms with Crippen molar-refractivity contribution in [2.75, 3.05) is 11.9 Å². The van der Waals surface area contributed by atoms with Gasteiger partial charge in [0.2, 0.25) is 0 Å². The first-order chi connectivity index (χ1) is 5.76. The number of aromatic nitrogens is 1. The smallest absolute Gasteiger partial charge is 0.114 e. The second-order valence-corrected chi connectivity index (χ2v) is 3.48. The van der Waals surface area contributed by atoms with Gasteiger partial charge in [0.05, 0.1) is 0 Å². The van der Waals surface area contributed by atoms with E-state index in [1.165, 1.54) is 0 Å². The maximum atomic E-state index is 5.60. The molecule has 1 aromatic rings. The number of anilines is 1. The molecule has 0 bridgehead atoms. The van der Waals surface area contributed by atoms with Crippen LogP contribution >= 0.6 is 21.7 Å². The molecular formula is C8H11ClN2S. The molecule has 0 saturated heterocycles. The number of hydrogen-bond donors (Lipinski definition) is 1. The SMILES string of the molecule is CCNc1cc(C)nc(SCl)c1. The average Bonchev–Trinajstić information content (AvgIpc) is 2.04. The lowest BCUT2D eigenvalue weighted by molar-refractivity contribution is 1.06. The van der Waals surface area contributed by atoms with Gasteiger partial charge in [-0.2, -0.15) is 0 Å². The third kappa shape index (κ3) is 2.57. The summed E-state index contributed by atoms with van der Waals surface area (Å²) in [6.45, 7) is 4.93. The number of rotatable bonds is 3. The lowest BCUT2D eigenvalue weighted by Crippen LogP contribution is -1.97. The van der Waals surface area contributed by atoms with Crippen molar-refractivity contribution in [1.29, 1.82) is 0 Å². The van der Waals surface area contributed by atoms with E-state index in [0.29, 0.717) is 0 Å². The van der Waals surface area contributed by atoms with E-state index in [2.05, 4.69) is 17.2 Å². The molecule has 2 nitrogen and oxygen atoms in total. The maximum absolute atomic E-state index is 5.60. The van der Waals surface area contributed by atoms with Gasteiger partial charge in [-0.15, -0.1) is 0 Å². The molecule has 4 heteroatoms. The van der Waals surface area contributed by atoms with E-state index in [1.54, 1.807) is 0 Å². The molecule has 0 aliphatic rings.